The number of hydrogen-bond acceptors (Lipinski definition) is 4. The van der Waals surface area contributed by atoms with E-state index in [-0.39, 0.29) is 5.56 Å². The second kappa shape index (κ2) is 5.44. The van der Waals surface area contributed by atoms with E-state index in [1.165, 1.54) is 25.7 Å². The molecule has 5 heteroatoms. The highest BCUT2D eigenvalue weighted by atomic mass is 16.1. The molecule has 4 rings (SSSR count). The molecule has 1 aliphatic heterocycles. The Bertz CT molecular complexity index is 556. The summed E-state index contributed by atoms with van der Waals surface area (Å²) in [5.41, 5.74) is 0.121. The summed E-state index contributed by atoms with van der Waals surface area (Å²) in [7, 11) is 0. The molecule has 3 aliphatic rings. The summed E-state index contributed by atoms with van der Waals surface area (Å²) in [5, 5.41) is 3.47. The Morgan fingerprint density at radius 1 is 1.29 bits per heavy atom. The number of nitrogens with zero attached hydrogens (tertiary/aromatic N) is 3. The molecule has 1 unspecified atom stereocenters. The van der Waals surface area contributed by atoms with Gasteiger partial charge in [-0.3, -0.25) is 4.79 Å². The minimum atomic E-state index is 0.121. The fourth-order valence-electron chi connectivity index (χ4n) is 3.40. The van der Waals surface area contributed by atoms with Crippen LogP contribution in [0.15, 0.2) is 17.2 Å². The van der Waals surface area contributed by atoms with Crippen molar-refractivity contribution in [1.29, 1.82) is 0 Å². The summed E-state index contributed by atoms with van der Waals surface area (Å²) in [6, 6.07) is 0.971. The Morgan fingerprint density at radius 3 is 2.81 bits per heavy atom. The van der Waals surface area contributed by atoms with Gasteiger partial charge in [-0.05, 0) is 57.5 Å². The van der Waals surface area contributed by atoms with E-state index in [1.54, 1.807) is 0 Å². The van der Waals surface area contributed by atoms with E-state index in [0.29, 0.717) is 23.8 Å². The number of anilines is 1. The van der Waals surface area contributed by atoms with E-state index in [2.05, 4.69) is 15.2 Å². The summed E-state index contributed by atoms with van der Waals surface area (Å²) < 4.78 is 1.90. The van der Waals surface area contributed by atoms with Crippen LogP contribution in [-0.4, -0.2) is 35.2 Å². The fourth-order valence-corrected chi connectivity index (χ4v) is 3.40. The van der Waals surface area contributed by atoms with Crippen LogP contribution in [0.3, 0.4) is 0 Å². The molecule has 1 N–H and O–H groups in total. The predicted molar refractivity (Wildman–Crippen MR) is 82.7 cm³/mol. The third-order valence-corrected chi connectivity index (χ3v) is 4.90. The molecule has 0 bridgehead atoms. The molecular weight excluding hydrogens is 264 g/mol. The van der Waals surface area contributed by atoms with E-state index in [9.17, 15) is 4.79 Å². The Balaban J connectivity index is 1.58. The average molecular weight is 288 g/mol. The maximum Gasteiger partial charge on any atom is 0.293 e. The van der Waals surface area contributed by atoms with Gasteiger partial charge in [-0.25, -0.2) is 4.98 Å². The van der Waals surface area contributed by atoms with Crippen LogP contribution in [-0.2, 0) is 0 Å². The molecule has 1 aromatic heterocycles. The predicted octanol–water partition coefficient (Wildman–Crippen LogP) is 1.55. The van der Waals surface area contributed by atoms with Crippen molar-refractivity contribution in [3.63, 3.8) is 0 Å². The summed E-state index contributed by atoms with van der Waals surface area (Å²) in [6.45, 7) is 3.19. The first-order chi connectivity index (χ1) is 10.3. The minimum Gasteiger partial charge on any atom is -0.349 e. The molecule has 2 heterocycles. The SMILES string of the molecule is O=c1c(N(CC2CCCNC2)C2CC2)nccn1C1CC1. The van der Waals surface area contributed by atoms with Gasteiger partial charge in [-0.1, -0.05) is 0 Å². The summed E-state index contributed by atoms with van der Waals surface area (Å²) in [4.78, 5) is 19.5. The molecule has 0 radical (unpaired) electrons. The third kappa shape index (κ3) is 2.84. The second-order valence-electron chi connectivity index (χ2n) is 6.79. The monoisotopic (exact) mass is 288 g/mol. The standard InChI is InChI=1S/C16H24N4O/c21-16-15(18-8-9-19(16)13-3-4-13)20(14-5-6-14)11-12-2-1-7-17-10-12/h8-9,12-14,17H,1-7,10-11H2. The molecular formula is C16H24N4O. The molecule has 0 amide bonds. The van der Waals surface area contributed by atoms with Gasteiger partial charge in [0.25, 0.3) is 5.56 Å². The number of nitrogens with one attached hydrogen (secondary N) is 1. The van der Waals surface area contributed by atoms with Crippen LogP contribution >= 0.6 is 0 Å². The summed E-state index contributed by atoms with van der Waals surface area (Å²) in [5.74, 6) is 1.34. The molecule has 0 spiro atoms. The van der Waals surface area contributed by atoms with Crippen LogP contribution < -0.4 is 15.8 Å². The van der Waals surface area contributed by atoms with Crippen molar-refractivity contribution in [2.75, 3.05) is 24.5 Å². The lowest BCUT2D eigenvalue weighted by atomic mass is 9.99. The van der Waals surface area contributed by atoms with Gasteiger partial charge >= 0.3 is 0 Å². The molecule has 1 saturated heterocycles. The van der Waals surface area contributed by atoms with Gasteiger partial charge in [0, 0.05) is 31.0 Å². The van der Waals surface area contributed by atoms with Gasteiger partial charge < -0.3 is 14.8 Å². The van der Waals surface area contributed by atoms with Gasteiger partial charge in [0.2, 0.25) is 0 Å². The largest absolute Gasteiger partial charge is 0.349 e. The maximum atomic E-state index is 12.7. The number of rotatable bonds is 5. The second-order valence-corrected chi connectivity index (χ2v) is 6.79. The van der Waals surface area contributed by atoms with Crippen LogP contribution in [0.4, 0.5) is 5.82 Å². The maximum absolute atomic E-state index is 12.7. The lowest BCUT2D eigenvalue weighted by molar-refractivity contribution is 0.374. The van der Waals surface area contributed by atoms with Crippen molar-refractivity contribution in [1.82, 2.24) is 14.9 Å². The molecule has 2 aliphatic carbocycles. The molecule has 0 aromatic carbocycles. The zero-order valence-electron chi connectivity index (χ0n) is 12.5. The van der Waals surface area contributed by atoms with Gasteiger partial charge in [-0.2, -0.15) is 0 Å². The van der Waals surface area contributed by atoms with Crippen LogP contribution in [0.1, 0.15) is 44.6 Å². The molecule has 1 atom stereocenters. The molecule has 5 nitrogen and oxygen atoms in total. The summed E-state index contributed by atoms with van der Waals surface area (Å²) in [6.07, 6.45) is 10.9. The van der Waals surface area contributed by atoms with Crippen LogP contribution in [0.25, 0.3) is 0 Å². The molecule has 2 saturated carbocycles. The zero-order valence-corrected chi connectivity index (χ0v) is 12.5. The number of aromatic nitrogens is 2. The van der Waals surface area contributed by atoms with E-state index in [1.807, 2.05) is 17.0 Å². The zero-order chi connectivity index (χ0) is 14.2. The van der Waals surface area contributed by atoms with Gasteiger partial charge in [0.15, 0.2) is 5.82 Å². The van der Waals surface area contributed by atoms with Crippen molar-refractivity contribution >= 4 is 5.82 Å². The Hall–Kier alpha value is -1.36. The normalized spacial score (nSPS) is 25.8. The van der Waals surface area contributed by atoms with E-state index >= 15 is 0 Å². The first kappa shape index (κ1) is 13.3. The molecule has 21 heavy (non-hydrogen) atoms. The lowest BCUT2D eigenvalue weighted by Crippen LogP contribution is -2.42. The summed E-state index contributed by atoms with van der Waals surface area (Å²) >= 11 is 0. The third-order valence-electron chi connectivity index (χ3n) is 4.90. The average Bonchev–Trinajstić information content (AvgIpc) is 3.40. The highest BCUT2D eigenvalue weighted by Crippen LogP contribution is 2.34. The minimum absolute atomic E-state index is 0.121. The van der Waals surface area contributed by atoms with Crippen molar-refractivity contribution in [3.8, 4) is 0 Å². The molecule has 1 aromatic rings. The Morgan fingerprint density at radius 2 is 2.14 bits per heavy atom. The van der Waals surface area contributed by atoms with Crippen LogP contribution in [0.2, 0.25) is 0 Å². The van der Waals surface area contributed by atoms with Crippen molar-refractivity contribution in [2.45, 2.75) is 50.6 Å². The fraction of sp³-hybridized carbons (Fsp3) is 0.750. The lowest BCUT2D eigenvalue weighted by Gasteiger charge is -2.30. The van der Waals surface area contributed by atoms with Crippen LogP contribution in [0.5, 0.6) is 0 Å². The van der Waals surface area contributed by atoms with E-state index in [0.717, 1.165) is 32.5 Å². The highest BCUT2D eigenvalue weighted by Gasteiger charge is 2.34. The van der Waals surface area contributed by atoms with Crippen molar-refractivity contribution in [3.05, 3.63) is 22.7 Å². The topological polar surface area (TPSA) is 50.2 Å². The van der Waals surface area contributed by atoms with Crippen molar-refractivity contribution in [2.24, 2.45) is 5.92 Å². The molecule has 3 fully saturated rings. The highest BCUT2D eigenvalue weighted by molar-refractivity contribution is 5.39. The molecule has 114 valence electrons. The Labute approximate surface area is 125 Å². The first-order valence-corrected chi connectivity index (χ1v) is 8.37. The van der Waals surface area contributed by atoms with Gasteiger partial charge in [-0.15, -0.1) is 0 Å². The van der Waals surface area contributed by atoms with Crippen LogP contribution in [0, 0.1) is 5.92 Å². The van der Waals surface area contributed by atoms with Gasteiger partial charge in [0.1, 0.15) is 0 Å². The van der Waals surface area contributed by atoms with Gasteiger partial charge in [0.05, 0.1) is 0 Å². The van der Waals surface area contributed by atoms with E-state index in [4.69, 9.17) is 0 Å². The Kier molecular flexibility index (Phi) is 3.45. The van der Waals surface area contributed by atoms with E-state index < -0.39 is 0 Å². The van der Waals surface area contributed by atoms with Crippen molar-refractivity contribution < 1.29 is 0 Å². The smallest absolute Gasteiger partial charge is 0.293 e. The number of hydrogen-bond donors (Lipinski definition) is 1. The first-order valence-electron chi connectivity index (χ1n) is 8.37. The quantitative estimate of drug-likeness (QED) is 0.893. The number of piperidine rings is 1.